The van der Waals surface area contributed by atoms with Gasteiger partial charge in [-0.2, -0.15) is 0 Å². The zero-order chi connectivity index (χ0) is 12.4. The number of allylic oxidation sites excluding steroid dienone is 1. The number of amides is 1. The SMILES string of the molecule is CCC/C=C1/c2ccccc2C(=O)N1N(C)C. The van der Waals surface area contributed by atoms with Gasteiger partial charge in [-0.25, -0.2) is 10.0 Å². The zero-order valence-electron chi connectivity index (χ0n) is 10.6. The molecule has 2 rings (SSSR count). The molecule has 0 fully saturated rings. The predicted octanol–water partition coefficient (Wildman–Crippen LogP) is 2.76. The van der Waals surface area contributed by atoms with Gasteiger partial charge in [-0.15, -0.1) is 0 Å². The van der Waals surface area contributed by atoms with Crippen LogP contribution in [0.4, 0.5) is 0 Å². The van der Waals surface area contributed by atoms with Gasteiger partial charge in [0.1, 0.15) is 0 Å². The maximum Gasteiger partial charge on any atom is 0.273 e. The molecule has 0 radical (unpaired) electrons. The van der Waals surface area contributed by atoms with Gasteiger partial charge in [0.25, 0.3) is 5.91 Å². The Bertz CT molecular complexity index is 463. The smallest absolute Gasteiger partial charge is 0.267 e. The van der Waals surface area contributed by atoms with E-state index in [0.29, 0.717) is 0 Å². The molecule has 1 aliphatic rings. The lowest BCUT2D eigenvalue weighted by atomic mass is 10.1. The largest absolute Gasteiger partial charge is 0.273 e. The Morgan fingerprint density at radius 3 is 2.47 bits per heavy atom. The van der Waals surface area contributed by atoms with Crippen LogP contribution in [0.1, 0.15) is 35.7 Å². The summed E-state index contributed by atoms with van der Waals surface area (Å²) in [6.45, 7) is 2.14. The summed E-state index contributed by atoms with van der Waals surface area (Å²) in [5.74, 6) is 0.0629. The van der Waals surface area contributed by atoms with Crippen LogP contribution in [-0.2, 0) is 0 Å². The van der Waals surface area contributed by atoms with Crippen LogP contribution < -0.4 is 0 Å². The van der Waals surface area contributed by atoms with Crippen LogP contribution in [-0.4, -0.2) is 30.0 Å². The van der Waals surface area contributed by atoms with E-state index < -0.39 is 0 Å². The number of hydrazine groups is 1. The molecule has 0 aliphatic carbocycles. The molecule has 3 heteroatoms. The van der Waals surface area contributed by atoms with E-state index >= 15 is 0 Å². The number of nitrogens with zero attached hydrogens (tertiary/aromatic N) is 2. The molecule has 0 spiro atoms. The van der Waals surface area contributed by atoms with E-state index in [1.807, 2.05) is 43.4 Å². The van der Waals surface area contributed by atoms with Crippen molar-refractivity contribution >= 4 is 11.6 Å². The van der Waals surface area contributed by atoms with E-state index in [0.717, 1.165) is 29.7 Å². The number of hydrogen-bond acceptors (Lipinski definition) is 2. The van der Waals surface area contributed by atoms with E-state index in [1.54, 1.807) is 5.01 Å². The van der Waals surface area contributed by atoms with Gasteiger partial charge in [-0.1, -0.05) is 37.6 Å². The lowest BCUT2D eigenvalue weighted by Crippen LogP contribution is -2.36. The molecule has 0 bridgehead atoms. The van der Waals surface area contributed by atoms with E-state index in [1.165, 1.54) is 0 Å². The normalized spacial score (nSPS) is 17.1. The predicted molar refractivity (Wildman–Crippen MR) is 69.2 cm³/mol. The van der Waals surface area contributed by atoms with Gasteiger partial charge >= 0.3 is 0 Å². The number of carbonyl (C=O) groups excluding carboxylic acids is 1. The quantitative estimate of drug-likeness (QED) is 0.797. The van der Waals surface area contributed by atoms with Gasteiger partial charge in [0, 0.05) is 19.7 Å². The lowest BCUT2D eigenvalue weighted by molar-refractivity contribution is 0.0520. The molecule has 0 atom stereocenters. The van der Waals surface area contributed by atoms with Crippen molar-refractivity contribution in [2.24, 2.45) is 0 Å². The first-order valence-corrected chi connectivity index (χ1v) is 5.98. The van der Waals surface area contributed by atoms with Crippen molar-refractivity contribution in [1.82, 2.24) is 10.0 Å². The van der Waals surface area contributed by atoms with Gasteiger partial charge in [0.2, 0.25) is 0 Å². The maximum atomic E-state index is 12.3. The molecule has 0 saturated carbocycles. The van der Waals surface area contributed by atoms with E-state index in [-0.39, 0.29) is 5.91 Å². The summed E-state index contributed by atoms with van der Waals surface area (Å²) >= 11 is 0. The highest BCUT2D eigenvalue weighted by Gasteiger charge is 2.32. The van der Waals surface area contributed by atoms with Crippen LogP contribution in [0.3, 0.4) is 0 Å². The molecule has 1 aromatic rings. The highest BCUT2D eigenvalue weighted by Crippen LogP contribution is 2.33. The minimum atomic E-state index is 0.0629. The number of hydrogen-bond donors (Lipinski definition) is 0. The first-order valence-electron chi connectivity index (χ1n) is 5.98. The number of rotatable bonds is 3. The number of fused-ring (bicyclic) bond motifs is 1. The van der Waals surface area contributed by atoms with Crippen LogP contribution in [0.2, 0.25) is 0 Å². The standard InChI is InChI=1S/C14H18N2O/c1-4-5-10-13-11-8-6-7-9-12(11)14(17)16(13)15(2)3/h6-10H,4-5H2,1-3H3/b13-10-. The summed E-state index contributed by atoms with van der Waals surface area (Å²) in [6, 6.07) is 7.79. The first kappa shape index (κ1) is 11.9. The van der Waals surface area contributed by atoms with Crippen molar-refractivity contribution in [2.45, 2.75) is 19.8 Å². The molecular weight excluding hydrogens is 212 g/mol. The molecular formula is C14H18N2O. The van der Waals surface area contributed by atoms with Crippen LogP contribution in [0.25, 0.3) is 5.70 Å². The molecule has 3 nitrogen and oxygen atoms in total. The van der Waals surface area contributed by atoms with Crippen LogP contribution in [0, 0.1) is 0 Å². The van der Waals surface area contributed by atoms with Crippen molar-refractivity contribution in [1.29, 1.82) is 0 Å². The Morgan fingerprint density at radius 1 is 1.24 bits per heavy atom. The molecule has 0 N–H and O–H groups in total. The van der Waals surface area contributed by atoms with Crippen LogP contribution in [0.5, 0.6) is 0 Å². The topological polar surface area (TPSA) is 23.6 Å². The van der Waals surface area contributed by atoms with Crippen molar-refractivity contribution in [3.63, 3.8) is 0 Å². The van der Waals surface area contributed by atoms with Crippen LogP contribution in [0.15, 0.2) is 30.3 Å². The first-order chi connectivity index (χ1) is 8.16. The minimum absolute atomic E-state index is 0.0629. The van der Waals surface area contributed by atoms with Crippen molar-refractivity contribution in [2.75, 3.05) is 14.1 Å². The Labute approximate surface area is 102 Å². The highest BCUT2D eigenvalue weighted by molar-refractivity contribution is 6.08. The van der Waals surface area contributed by atoms with Crippen molar-refractivity contribution < 1.29 is 4.79 Å². The summed E-state index contributed by atoms with van der Waals surface area (Å²) in [4.78, 5) is 12.3. The summed E-state index contributed by atoms with van der Waals surface area (Å²) < 4.78 is 0. The fourth-order valence-electron chi connectivity index (χ4n) is 2.11. The minimum Gasteiger partial charge on any atom is -0.267 e. The zero-order valence-corrected chi connectivity index (χ0v) is 10.6. The number of benzene rings is 1. The Balaban J connectivity index is 2.49. The molecule has 0 aromatic heterocycles. The molecule has 1 aromatic carbocycles. The Hall–Kier alpha value is -1.61. The second-order valence-electron chi connectivity index (χ2n) is 4.39. The third-order valence-corrected chi connectivity index (χ3v) is 2.88. The molecule has 90 valence electrons. The van der Waals surface area contributed by atoms with Crippen LogP contribution >= 0.6 is 0 Å². The van der Waals surface area contributed by atoms with E-state index in [4.69, 9.17) is 0 Å². The molecule has 1 heterocycles. The Morgan fingerprint density at radius 2 is 1.88 bits per heavy atom. The molecule has 17 heavy (non-hydrogen) atoms. The maximum absolute atomic E-state index is 12.3. The Kier molecular flexibility index (Phi) is 3.29. The second-order valence-corrected chi connectivity index (χ2v) is 4.39. The van der Waals surface area contributed by atoms with Gasteiger partial charge in [-0.3, -0.25) is 4.79 Å². The summed E-state index contributed by atoms with van der Waals surface area (Å²) in [5.41, 5.74) is 2.85. The highest BCUT2D eigenvalue weighted by atomic mass is 16.2. The summed E-state index contributed by atoms with van der Waals surface area (Å²) in [5, 5.41) is 3.57. The third-order valence-electron chi connectivity index (χ3n) is 2.88. The van der Waals surface area contributed by atoms with E-state index in [2.05, 4.69) is 13.0 Å². The number of unbranched alkanes of at least 4 members (excludes halogenated alkanes) is 1. The molecule has 1 aliphatic heterocycles. The van der Waals surface area contributed by atoms with Crippen molar-refractivity contribution in [3.8, 4) is 0 Å². The fourth-order valence-corrected chi connectivity index (χ4v) is 2.11. The molecule has 0 unspecified atom stereocenters. The summed E-state index contributed by atoms with van der Waals surface area (Å²) in [7, 11) is 3.78. The second kappa shape index (κ2) is 4.72. The molecule has 0 saturated heterocycles. The molecule has 1 amide bonds. The fraction of sp³-hybridized carbons (Fsp3) is 0.357. The van der Waals surface area contributed by atoms with Gasteiger partial charge in [-0.05, 0) is 12.5 Å². The van der Waals surface area contributed by atoms with Gasteiger partial charge in [0.05, 0.1) is 11.3 Å². The lowest BCUT2D eigenvalue weighted by Gasteiger charge is -2.25. The number of carbonyl (C=O) groups is 1. The monoisotopic (exact) mass is 230 g/mol. The van der Waals surface area contributed by atoms with Gasteiger partial charge < -0.3 is 0 Å². The van der Waals surface area contributed by atoms with Gasteiger partial charge in [0.15, 0.2) is 0 Å². The summed E-state index contributed by atoms with van der Waals surface area (Å²) in [6.07, 6.45) is 4.21. The van der Waals surface area contributed by atoms with E-state index in [9.17, 15) is 4.79 Å². The average Bonchev–Trinajstić information content (AvgIpc) is 2.60. The van der Waals surface area contributed by atoms with Crippen molar-refractivity contribution in [3.05, 3.63) is 41.5 Å². The average molecular weight is 230 g/mol. The third kappa shape index (κ3) is 1.98.